The number of alkyl halides is 2. The zero-order chi connectivity index (χ0) is 15.8. The second kappa shape index (κ2) is 8.35. The summed E-state index contributed by atoms with van der Waals surface area (Å²) in [6.07, 6.45) is 0.514. The quantitative estimate of drug-likeness (QED) is 0.725. The molecule has 0 saturated carbocycles. The van der Waals surface area contributed by atoms with E-state index in [-0.39, 0.29) is 30.5 Å². The van der Waals surface area contributed by atoms with Crippen LogP contribution in [0.3, 0.4) is 0 Å². The van der Waals surface area contributed by atoms with Crippen molar-refractivity contribution in [2.24, 2.45) is 5.92 Å². The first kappa shape index (κ1) is 17.1. The number of ether oxygens (including phenoxy) is 1. The summed E-state index contributed by atoms with van der Waals surface area (Å²) in [5.74, 6) is -0.976. The van der Waals surface area contributed by atoms with Gasteiger partial charge in [0.2, 0.25) is 0 Å². The van der Waals surface area contributed by atoms with E-state index in [2.05, 4.69) is 15.4 Å². The number of urea groups is 1. The van der Waals surface area contributed by atoms with Gasteiger partial charge in [0, 0.05) is 19.2 Å². The lowest BCUT2D eigenvalue weighted by molar-refractivity contribution is -0.0494. The lowest BCUT2D eigenvalue weighted by atomic mass is 10.1. The molecule has 8 heteroatoms. The Balaban J connectivity index is 2.64. The Morgan fingerprint density at radius 2 is 2.14 bits per heavy atom. The standard InChI is InChI=1S/C13H17F3N2O3/c1-8(4-5-19)7-17-13(20)18-10-6-9(14)2-3-11(10)21-12(15)16/h2-3,6,8,12,19H,4-5,7H2,1H3,(H2,17,18,20). The van der Waals surface area contributed by atoms with Crippen LogP contribution in [0.25, 0.3) is 0 Å². The maximum absolute atomic E-state index is 13.1. The van der Waals surface area contributed by atoms with Crippen molar-refractivity contribution in [3.05, 3.63) is 24.0 Å². The number of aliphatic hydroxyl groups excluding tert-OH is 1. The minimum absolute atomic E-state index is 0.000733. The number of anilines is 1. The number of hydrogen-bond donors (Lipinski definition) is 3. The molecule has 0 bridgehead atoms. The molecule has 0 fully saturated rings. The van der Waals surface area contributed by atoms with Gasteiger partial charge < -0.3 is 20.5 Å². The zero-order valence-corrected chi connectivity index (χ0v) is 11.4. The molecule has 0 saturated heterocycles. The number of amides is 2. The third-order valence-corrected chi connectivity index (χ3v) is 2.64. The summed E-state index contributed by atoms with van der Waals surface area (Å²) in [7, 11) is 0. The Morgan fingerprint density at radius 1 is 1.43 bits per heavy atom. The molecule has 0 aromatic heterocycles. The van der Waals surface area contributed by atoms with E-state index in [1.165, 1.54) is 0 Å². The summed E-state index contributed by atoms with van der Waals surface area (Å²) in [4.78, 5) is 11.6. The van der Waals surface area contributed by atoms with Crippen molar-refractivity contribution in [2.75, 3.05) is 18.5 Å². The van der Waals surface area contributed by atoms with Crippen molar-refractivity contribution in [1.82, 2.24) is 5.32 Å². The summed E-state index contributed by atoms with van der Waals surface area (Å²) in [6.45, 7) is -0.971. The van der Waals surface area contributed by atoms with Crippen LogP contribution in [0.4, 0.5) is 23.7 Å². The first-order valence-electron chi connectivity index (χ1n) is 6.32. The normalized spacial score (nSPS) is 12.1. The van der Waals surface area contributed by atoms with E-state index in [0.717, 1.165) is 18.2 Å². The molecular weight excluding hydrogens is 289 g/mol. The van der Waals surface area contributed by atoms with Gasteiger partial charge in [-0.3, -0.25) is 0 Å². The zero-order valence-electron chi connectivity index (χ0n) is 11.4. The minimum atomic E-state index is -3.08. The van der Waals surface area contributed by atoms with Crippen molar-refractivity contribution >= 4 is 11.7 Å². The van der Waals surface area contributed by atoms with Crippen molar-refractivity contribution < 1.29 is 27.8 Å². The number of rotatable bonds is 7. The Kier molecular flexibility index (Phi) is 6.80. The Morgan fingerprint density at radius 3 is 2.76 bits per heavy atom. The molecule has 1 aromatic rings. The van der Waals surface area contributed by atoms with Gasteiger partial charge >= 0.3 is 12.6 Å². The van der Waals surface area contributed by atoms with E-state index in [1.807, 2.05) is 6.92 Å². The Labute approximate surface area is 120 Å². The van der Waals surface area contributed by atoms with Gasteiger partial charge in [0.25, 0.3) is 0 Å². The van der Waals surface area contributed by atoms with Crippen molar-refractivity contribution in [1.29, 1.82) is 0 Å². The molecule has 118 valence electrons. The first-order chi connectivity index (χ1) is 9.92. The molecule has 3 N–H and O–H groups in total. The minimum Gasteiger partial charge on any atom is -0.433 e. The van der Waals surface area contributed by atoms with E-state index < -0.39 is 18.5 Å². The highest BCUT2D eigenvalue weighted by molar-refractivity contribution is 5.90. The smallest absolute Gasteiger partial charge is 0.387 e. The molecule has 1 aromatic carbocycles. The highest BCUT2D eigenvalue weighted by Crippen LogP contribution is 2.26. The molecule has 21 heavy (non-hydrogen) atoms. The predicted octanol–water partition coefficient (Wildman–Crippen LogP) is 2.57. The lowest BCUT2D eigenvalue weighted by Crippen LogP contribution is -2.32. The van der Waals surface area contributed by atoms with Crippen LogP contribution in [0.5, 0.6) is 5.75 Å². The summed E-state index contributed by atoms with van der Waals surface area (Å²) < 4.78 is 41.7. The molecule has 1 unspecified atom stereocenters. The maximum Gasteiger partial charge on any atom is 0.387 e. The van der Waals surface area contributed by atoms with Gasteiger partial charge in [-0.05, 0) is 24.5 Å². The number of halogens is 3. The summed E-state index contributed by atoms with van der Waals surface area (Å²) in [6, 6.07) is 2.16. The molecule has 0 heterocycles. The topological polar surface area (TPSA) is 70.6 Å². The molecule has 5 nitrogen and oxygen atoms in total. The predicted molar refractivity (Wildman–Crippen MR) is 70.9 cm³/mol. The number of hydrogen-bond acceptors (Lipinski definition) is 3. The molecule has 1 rings (SSSR count). The van der Waals surface area contributed by atoms with Crippen molar-refractivity contribution in [2.45, 2.75) is 20.0 Å². The average Bonchev–Trinajstić information content (AvgIpc) is 2.39. The number of carbonyl (C=O) groups is 1. The summed E-state index contributed by atoms with van der Waals surface area (Å²) >= 11 is 0. The molecule has 0 radical (unpaired) electrons. The fourth-order valence-electron chi connectivity index (χ4n) is 1.55. The van der Waals surface area contributed by atoms with E-state index in [4.69, 9.17) is 5.11 Å². The van der Waals surface area contributed by atoms with Crippen LogP contribution in [-0.4, -0.2) is 30.9 Å². The average molecular weight is 306 g/mol. The molecule has 0 spiro atoms. The summed E-state index contributed by atoms with van der Waals surface area (Å²) in [5, 5.41) is 13.5. The van der Waals surface area contributed by atoms with Crippen LogP contribution in [0, 0.1) is 11.7 Å². The van der Waals surface area contributed by atoms with Gasteiger partial charge in [-0.1, -0.05) is 6.92 Å². The molecule has 0 aliphatic heterocycles. The van der Waals surface area contributed by atoms with Gasteiger partial charge in [-0.15, -0.1) is 0 Å². The van der Waals surface area contributed by atoms with Crippen molar-refractivity contribution in [3.63, 3.8) is 0 Å². The number of benzene rings is 1. The monoisotopic (exact) mass is 306 g/mol. The van der Waals surface area contributed by atoms with Gasteiger partial charge in [0.1, 0.15) is 11.6 Å². The fraction of sp³-hybridized carbons (Fsp3) is 0.462. The van der Waals surface area contributed by atoms with Crippen molar-refractivity contribution in [3.8, 4) is 5.75 Å². The van der Waals surface area contributed by atoms with Gasteiger partial charge in [0.15, 0.2) is 0 Å². The van der Waals surface area contributed by atoms with Crippen LogP contribution >= 0.6 is 0 Å². The molecule has 0 aliphatic carbocycles. The molecular formula is C13H17F3N2O3. The van der Waals surface area contributed by atoms with Gasteiger partial charge in [-0.2, -0.15) is 8.78 Å². The van der Waals surface area contributed by atoms with Crippen LogP contribution in [0.2, 0.25) is 0 Å². The maximum atomic E-state index is 13.1. The van der Waals surface area contributed by atoms with Crippen LogP contribution in [0.1, 0.15) is 13.3 Å². The van der Waals surface area contributed by atoms with Crippen LogP contribution in [0.15, 0.2) is 18.2 Å². The van der Waals surface area contributed by atoms with E-state index in [9.17, 15) is 18.0 Å². The lowest BCUT2D eigenvalue weighted by Gasteiger charge is -2.14. The largest absolute Gasteiger partial charge is 0.433 e. The first-order valence-corrected chi connectivity index (χ1v) is 6.32. The molecule has 1 atom stereocenters. The Bertz CT molecular complexity index is 472. The van der Waals surface area contributed by atoms with E-state index in [0.29, 0.717) is 6.42 Å². The second-order valence-corrected chi connectivity index (χ2v) is 4.47. The molecule has 2 amide bonds. The number of carbonyl (C=O) groups excluding carboxylic acids is 1. The number of nitrogens with one attached hydrogen (secondary N) is 2. The highest BCUT2D eigenvalue weighted by atomic mass is 19.3. The third-order valence-electron chi connectivity index (χ3n) is 2.64. The van der Waals surface area contributed by atoms with E-state index in [1.54, 1.807) is 0 Å². The number of aliphatic hydroxyl groups is 1. The third kappa shape index (κ3) is 6.35. The second-order valence-electron chi connectivity index (χ2n) is 4.47. The van der Waals surface area contributed by atoms with Crippen LogP contribution in [-0.2, 0) is 0 Å². The van der Waals surface area contributed by atoms with Gasteiger partial charge in [0.05, 0.1) is 5.69 Å². The SMILES string of the molecule is CC(CCO)CNC(=O)Nc1cc(F)ccc1OC(F)F. The Hall–Kier alpha value is -1.96. The van der Waals surface area contributed by atoms with Crippen LogP contribution < -0.4 is 15.4 Å². The highest BCUT2D eigenvalue weighted by Gasteiger charge is 2.13. The van der Waals surface area contributed by atoms with Gasteiger partial charge in [-0.25, -0.2) is 9.18 Å². The molecule has 0 aliphatic rings. The summed E-state index contributed by atoms with van der Waals surface area (Å²) in [5.41, 5.74) is -0.192. The fourth-order valence-corrected chi connectivity index (χ4v) is 1.55. The van der Waals surface area contributed by atoms with E-state index >= 15 is 0 Å².